The number of hydrogen-bond acceptors (Lipinski definition) is 2. The highest BCUT2D eigenvalue weighted by molar-refractivity contribution is 9.09. The Morgan fingerprint density at radius 1 is 1.33 bits per heavy atom. The van der Waals surface area contributed by atoms with E-state index in [4.69, 9.17) is 0 Å². The van der Waals surface area contributed by atoms with Gasteiger partial charge in [-0.15, -0.1) is 0 Å². The van der Waals surface area contributed by atoms with Crippen LogP contribution >= 0.6 is 15.9 Å². The molecule has 0 bridgehead atoms. The highest BCUT2D eigenvalue weighted by Crippen LogP contribution is 2.37. The molecule has 0 atom stereocenters. The number of nitrogens with one attached hydrogen (secondary N) is 1. The molecule has 0 spiro atoms. The van der Waals surface area contributed by atoms with Gasteiger partial charge in [-0.3, -0.25) is 4.79 Å². The molecule has 21 heavy (non-hydrogen) atoms. The number of hydrogen-bond donors (Lipinski definition) is 1. The normalized spacial score (nSPS) is 17.8. The number of halogens is 1. The Balaban J connectivity index is 1.71. The molecule has 2 aromatic rings. The first-order valence-corrected chi connectivity index (χ1v) is 8.63. The van der Waals surface area contributed by atoms with Crippen molar-refractivity contribution in [3.8, 4) is 0 Å². The molecule has 4 nitrogen and oxygen atoms in total. The van der Waals surface area contributed by atoms with Crippen molar-refractivity contribution in [3.05, 3.63) is 36.2 Å². The fourth-order valence-corrected chi connectivity index (χ4v) is 3.89. The smallest absolute Gasteiger partial charge is 0.255 e. The lowest BCUT2D eigenvalue weighted by Crippen LogP contribution is -2.40. The van der Waals surface area contributed by atoms with E-state index in [0.717, 1.165) is 17.4 Å². The molecule has 3 rings (SSSR count). The number of pyridine rings is 1. The minimum atomic E-state index is -0.0258. The van der Waals surface area contributed by atoms with Gasteiger partial charge in [0.2, 0.25) is 0 Å². The van der Waals surface area contributed by atoms with Gasteiger partial charge in [0.05, 0.1) is 17.3 Å². The summed E-state index contributed by atoms with van der Waals surface area (Å²) in [7, 11) is 0. The highest BCUT2D eigenvalue weighted by atomic mass is 79.9. The largest absolute Gasteiger partial charge is 0.351 e. The fraction of sp³-hybridized carbons (Fsp3) is 0.500. The van der Waals surface area contributed by atoms with Crippen molar-refractivity contribution in [3.63, 3.8) is 0 Å². The molecule has 0 unspecified atom stereocenters. The minimum absolute atomic E-state index is 0.0258. The molecule has 2 heterocycles. The number of carbonyl (C=O) groups excluding carboxylic acids is 1. The van der Waals surface area contributed by atoms with Gasteiger partial charge in [-0.25, -0.2) is 4.52 Å². The number of fused-ring (bicyclic) bond motifs is 1. The van der Waals surface area contributed by atoms with Crippen molar-refractivity contribution >= 4 is 27.4 Å². The molecule has 112 valence electrons. The van der Waals surface area contributed by atoms with Crippen molar-refractivity contribution in [2.75, 3.05) is 11.9 Å². The summed E-state index contributed by atoms with van der Waals surface area (Å²) in [4.78, 5) is 12.4. The molecule has 0 radical (unpaired) electrons. The Bertz CT molecular complexity index is 631. The third-order valence-electron chi connectivity index (χ3n) is 4.49. The zero-order valence-electron chi connectivity index (χ0n) is 12.0. The minimum Gasteiger partial charge on any atom is -0.351 e. The van der Waals surface area contributed by atoms with E-state index in [1.165, 1.54) is 32.1 Å². The average molecular weight is 350 g/mol. The van der Waals surface area contributed by atoms with Gasteiger partial charge in [-0.05, 0) is 30.4 Å². The van der Waals surface area contributed by atoms with Gasteiger partial charge in [-0.2, -0.15) is 5.10 Å². The number of aromatic nitrogens is 2. The summed E-state index contributed by atoms with van der Waals surface area (Å²) in [5.41, 5.74) is 1.72. The lowest BCUT2D eigenvalue weighted by Gasteiger charge is -2.35. The first-order valence-electron chi connectivity index (χ1n) is 7.51. The second-order valence-electron chi connectivity index (χ2n) is 5.97. The summed E-state index contributed by atoms with van der Waals surface area (Å²) < 4.78 is 1.73. The van der Waals surface area contributed by atoms with Crippen LogP contribution in [-0.4, -0.2) is 27.4 Å². The maximum absolute atomic E-state index is 12.4. The maximum Gasteiger partial charge on any atom is 0.255 e. The quantitative estimate of drug-likeness (QED) is 0.859. The van der Waals surface area contributed by atoms with E-state index in [9.17, 15) is 4.79 Å². The van der Waals surface area contributed by atoms with Crippen LogP contribution in [0.1, 0.15) is 42.5 Å². The van der Waals surface area contributed by atoms with Crippen molar-refractivity contribution < 1.29 is 4.79 Å². The topological polar surface area (TPSA) is 46.4 Å². The Morgan fingerprint density at radius 2 is 2.14 bits per heavy atom. The lowest BCUT2D eigenvalue weighted by atomic mass is 9.75. The van der Waals surface area contributed by atoms with Crippen molar-refractivity contribution in [1.82, 2.24) is 14.9 Å². The molecule has 1 amide bonds. The summed E-state index contributed by atoms with van der Waals surface area (Å²) in [6, 6.07) is 5.75. The van der Waals surface area contributed by atoms with Gasteiger partial charge >= 0.3 is 0 Å². The molecule has 0 aromatic carbocycles. The van der Waals surface area contributed by atoms with E-state index < -0.39 is 0 Å². The number of carbonyl (C=O) groups is 1. The number of alkyl halides is 1. The van der Waals surface area contributed by atoms with Crippen LogP contribution in [0, 0.1) is 5.41 Å². The van der Waals surface area contributed by atoms with E-state index in [2.05, 4.69) is 26.3 Å². The molecule has 1 aliphatic rings. The Hall–Kier alpha value is -1.36. The monoisotopic (exact) mass is 349 g/mol. The molecule has 1 aliphatic carbocycles. The van der Waals surface area contributed by atoms with Crippen molar-refractivity contribution in [2.24, 2.45) is 5.41 Å². The summed E-state index contributed by atoms with van der Waals surface area (Å²) in [6.07, 6.45) is 9.72. The van der Waals surface area contributed by atoms with E-state index in [1.54, 1.807) is 10.7 Å². The first kappa shape index (κ1) is 14.6. The van der Waals surface area contributed by atoms with Crippen LogP contribution < -0.4 is 5.32 Å². The zero-order valence-corrected chi connectivity index (χ0v) is 13.6. The van der Waals surface area contributed by atoms with Crippen LogP contribution in [0.4, 0.5) is 0 Å². The van der Waals surface area contributed by atoms with Crippen LogP contribution in [0.3, 0.4) is 0 Å². The van der Waals surface area contributed by atoms with Gasteiger partial charge in [0.25, 0.3) is 5.91 Å². The Morgan fingerprint density at radius 3 is 2.90 bits per heavy atom. The Labute approximate surface area is 133 Å². The average Bonchev–Trinajstić information content (AvgIpc) is 2.98. The van der Waals surface area contributed by atoms with E-state index in [0.29, 0.717) is 5.56 Å². The summed E-state index contributed by atoms with van der Waals surface area (Å²) in [5.74, 6) is -0.0258. The number of nitrogens with zero attached hydrogens (tertiary/aromatic N) is 2. The van der Waals surface area contributed by atoms with Gasteiger partial charge in [0, 0.05) is 18.1 Å². The van der Waals surface area contributed by atoms with Crippen LogP contribution in [0.5, 0.6) is 0 Å². The summed E-state index contributed by atoms with van der Waals surface area (Å²) in [6.45, 7) is 0.737. The number of amides is 1. The highest BCUT2D eigenvalue weighted by Gasteiger charge is 2.31. The van der Waals surface area contributed by atoms with E-state index >= 15 is 0 Å². The standard InChI is InChI=1S/C16H20BrN3O/c17-11-16(7-3-1-4-8-16)12-18-15(21)13-10-19-20-9-5-2-6-14(13)20/h2,5-6,9-10H,1,3-4,7-8,11-12H2,(H,18,21). The second kappa shape index (κ2) is 6.18. The molecule has 0 aliphatic heterocycles. The zero-order chi connectivity index (χ0) is 14.7. The van der Waals surface area contributed by atoms with Crippen molar-refractivity contribution in [1.29, 1.82) is 0 Å². The van der Waals surface area contributed by atoms with Crippen molar-refractivity contribution in [2.45, 2.75) is 32.1 Å². The SMILES string of the molecule is O=C(NCC1(CBr)CCCCC1)c1cnn2ccccc12. The van der Waals surface area contributed by atoms with Gasteiger partial charge < -0.3 is 5.32 Å². The molecule has 1 saturated carbocycles. The molecular formula is C16H20BrN3O. The molecule has 5 heteroatoms. The third kappa shape index (κ3) is 2.98. The van der Waals surface area contributed by atoms with Crippen LogP contribution in [0.25, 0.3) is 5.52 Å². The third-order valence-corrected chi connectivity index (χ3v) is 5.68. The van der Waals surface area contributed by atoms with Crippen LogP contribution in [0.15, 0.2) is 30.6 Å². The summed E-state index contributed by atoms with van der Waals surface area (Å²) in [5, 5.41) is 8.29. The fourth-order valence-electron chi connectivity index (χ4n) is 3.13. The van der Waals surface area contributed by atoms with Crippen LogP contribution in [-0.2, 0) is 0 Å². The first-order chi connectivity index (χ1) is 10.2. The molecule has 2 aromatic heterocycles. The molecule has 1 fully saturated rings. The lowest BCUT2D eigenvalue weighted by molar-refractivity contribution is 0.0923. The van der Waals surface area contributed by atoms with Gasteiger partial charge in [0.15, 0.2) is 0 Å². The van der Waals surface area contributed by atoms with E-state index in [-0.39, 0.29) is 11.3 Å². The molecule has 0 saturated heterocycles. The second-order valence-corrected chi connectivity index (χ2v) is 6.53. The van der Waals surface area contributed by atoms with Crippen LogP contribution in [0.2, 0.25) is 0 Å². The van der Waals surface area contributed by atoms with Gasteiger partial charge in [-0.1, -0.05) is 41.3 Å². The van der Waals surface area contributed by atoms with Gasteiger partial charge in [0.1, 0.15) is 0 Å². The predicted octanol–water partition coefficient (Wildman–Crippen LogP) is 3.41. The predicted molar refractivity (Wildman–Crippen MR) is 86.8 cm³/mol. The molecular weight excluding hydrogens is 330 g/mol. The Kier molecular flexibility index (Phi) is 4.29. The summed E-state index contributed by atoms with van der Waals surface area (Å²) >= 11 is 3.64. The van der Waals surface area contributed by atoms with E-state index in [1.807, 2.05) is 24.4 Å². The molecule has 1 N–H and O–H groups in total. The maximum atomic E-state index is 12.4. The number of rotatable bonds is 4.